The molecular formula is C20H18ClNO2. The molecule has 1 aliphatic rings. The molecule has 0 bridgehead atoms. The average Bonchev–Trinajstić information content (AvgIpc) is 2.62. The van der Waals surface area contributed by atoms with E-state index < -0.39 is 5.97 Å². The average molecular weight is 340 g/mol. The highest BCUT2D eigenvalue weighted by atomic mass is 35.5. The predicted octanol–water partition coefficient (Wildman–Crippen LogP) is 5.51. The summed E-state index contributed by atoms with van der Waals surface area (Å²) in [6, 6.07) is 16.7. The Hall–Kier alpha value is -2.39. The number of allylic oxidation sites excluding steroid dienone is 1. The SMILES string of the molecule is O=C(O/N=C1\CCCC\C1=C/c1ccccc1)c1ccc(Cl)cc1. The quantitative estimate of drug-likeness (QED) is 0.546. The Labute approximate surface area is 146 Å². The molecule has 0 amide bonds. The van der Waals surface area contributed by atoms with Gasteiger partial charge in [0, 0.05) is 5.02 Å². The first-order chi connectivity index (χ1) is 11.7. The molecule has 0 radical (unpaired) electrons. The van der Waals surface area contributed by atoms with E-state index in [4.69, 9.17) is 16.4 Å². The Morgan fingerprint density at radius 2 is 1.71 bits per heavy atom. The minimum Gasteiger partial charge on any atom is -0.313 e. The van der Waals surface area contributed by atoms with Crippen molar-refractivity contribution in [3.05, 3.63) is 76.3 Å². The van der Waals surface area contributed by atoms with Crippen molar-refractivity contribution in [2.45, 2.75) is 25.7 Å². The summed E-state index contributed by atoms with van der Waals surface area (Å²) in [7, 11) is 0. The molecule has 1 saturated carbocycles. The van der Waals surface area contributed by atoms with Crippen LogP contribution >= 0.6 is 11.6 Å². The van der Waals surface area contributed by atoms with Gasteiger partial charge in [-0.05, 0) is 67.2 Å². The zero-order valence-electron chi connectivity index (χ0n) is 13.2. The number of benzene rings is 2. The van der Waals surface area contributed by atoms with Gasteiger partial charge in [-0.15, -0.1) is 0 Å². The predicted molar refractivity (Wildman–Crippen MR) is 97.2 cm³/mol. The summed E-state index contributed by atoms with van der Waals surface area (Å²) >= 11 is 5.82. The van der Waals surface area contributed by atoms with Crippen LogP contribution in [0.15, 0.2) is 65.3 Å². The lowest BCUT2D eigenvalue weighted by atomic mass is 9.91. The van der Waals surface area contributed by atoms with Crippen LogP contribution in [-0.4, -0.2) is 11.7 Å². The number of oxime groups is 1. The van der Waals surface area contributed by atoms with E-state index in [1.54, 1.807) is 24.3 Å². The van der Waals surface area contributed by atoms with E-state index in [2.05, 4.69) is 23.4 Å². The summed E-state index contributed by atoms with van der Waals surface area (Å²) in [5.41, 5.74) is 3.56. The maximum Gasteiger partial charge on any atom is 0.365 e. The first kappa shape index (κ1) is 16.5. The molecule has 2 aromatic carbocycles. The lowest BCUT2D eigenvalue weighted by Crippen LogP contribution is -2.11. The molecule has 0 spiro atoms. The molecule has 122 valence electrons. The van der Waals surface area contributed by atoms with Crippen LogP contribution in [0.5, 0.6) is 0 Å². The number of rotatable bonds is 3. The summed E-state index contributed by atoms with van der Waals surface area (Å²) in [4.78, 5) is 17.2. The van der Waals surface area contributed by atoms with Crippen LogP contribution in [0.4, 0.5) is 0 Å². The minimum atomic E-state index is -0.469. The molecule has 1 aliphatic carbocycles. The smallest absolute Gasteiger partial charge is 0.313 e. The molecular weight excluding hydrogens is 322 g/mol. The topological polar surface area (TPSA) is 38.7 Å². The van der Waals surface area contributed by atoms with Crippen LogP contribution in [0.1, 0.15) is 41.6 Å². The van der Waals surface area contributed by atoms with E-state index in [1.807, 2.05) is 18.2 Å². The maximum absolute atomic E-state index is 12.1. The molecule has 0 aromatic heterocycles. The monoisotopic (exact) mass is 339 g/mol. The normalized spacial score (nSPS) is 17.9. The molecule has 0 saturated heterocycles. The third-order valence-electron chi connectivity index (χ3n) is 3.94. The second-order valence-corrected chi connectivity index (χ2v) is 6.15. The molecule has 2 aromatic rings. The molecule has 1 fully saturated rings. The van der Waals surface area contributed by atoms with Gasteiger partial charge in [-0.1, -0.05) is 47.1 Å². The zero-order valence-corrected chi connectivity index (χ0v) is 14.0. The Bertz CT molecular complexity index is 764. The molecule has 24 heavy (non-hydrogen) atoms. The van der Waals surface area contributed by atoms with E-state index >= 15 is 0 Å². The Balaban J connectivity index is 1.75. The van der Waals surface area contributed by atoms with Crippen molar-refractivity contribution < 1.29 is 9.63 Å². The van der Waals surface area contributed by atoms with Gasteiger partial charge in [-0.3, -0.25) is 0 Å². The molecule has 0 N–H and O–H groups in total. The van der Waals surface area contributed by atoms with Crippen LogP contribution < -0.4 is 0 Å². The number of carbonyl (C=O) groups excluding carboxylic acids is 1. The van der Waals surface area contributed by atoms with Gasteiger partial charge in [0.05, 0.1) is 11.3 Å². The lowest BCUT2D eigenvalue weighted by molar-refractivity contribution is 0.0515. The first-order valence-electron chi connectivity index (χ1n) is 8.02. The second-order valence-electron chi connectivity index (χ2n) is 5.71. The molecule has 0 aliphatic heterocycles. The van der Waals surface area contributed by atoms with Crippen molar-refractivity contribution in [2.75, 3.05) is 0 Å². The van der Waals surface area contributed by atoms with Crippen molar-refractivity contribution in [3.63, 3.8) is 0 Å². The molecule has 3 rings (SSSR count). The third kappa shape index (κ3) is 4.33. The van der Waals surface area contributed by atoms with Crippen LogP contribution in [0.2, 0.25) is 5.02 Å². The summed E-state index contributed by atoms with van der Waals surface area (Å²) in [5, 5.41) is 4.71. The Kier molecular flexibility index (Phi) is 5.44. The van der Waals surface area contributed by atoms with Crippen molar-refractivity contribution >= 4 is 29.4 Å². The van der Waals surface area contributed by atoms with E-state index in [0.717, 1.165) is 42.5 Å². The highest BCUT2D eigenvalue weighted by Gasteiger charge is 2.15. The van der Waals surface area contributed by atoms with E-state index in [1.165, 1.54) is 0 Å². The fraction of sp³-hybridized carbons (Fsp3) is 0.200. The van der Waals surface area contributed by atoms with Crippen molar-refractivity contribution in [2.24, 2.45) is 5.16 Å². The van der Waals surface area contributed by atoms with Gasteiger partial charge in [-0.2, -0.15) is 0 Å². The molecule has 0 heterocycles. The number of carbonyl (C=O) groups is 1. The first-order valence-corrected chi connectivity index (χ1v) is 8.40. The van der Waals surface area contributed by atoms with Crippen molar-refractivity contribution in [1.29, 1.82) is 0 Å². The van der Waals surface area contributed by atoms with Crippen molar-refractivity contribution in [3.8, 4) is 0 Å². The second kappa shape index (κ2) is 7.93. The van der Waals surface area contributed by atoms with E-state index in [9.17, 15) is 4.79 Å². The third-order valence-corrected chi connectivity index (χ3v) is 4.19. The van der Waals surface area contributed by atoms with Gasteiger partial charge in [0.15, 0.2) is 0 Å². The van der Waals surface area contributed by atoms with Crippen molar-refractivity contribution in [1.82, 2.24) is 0 Å². The Morgan fingerprint density at radius 3 is 2.46 bits per heavy atom. The summed E-state index contributed by atoms with van der Waals surface area (Å²) in [6.07, 6.45) is 6.08. The highest BCUT2D eigenvalue weighted by Crippen LogP contribution is 2.24. The van der Waals surface area contributed by atoms with Crippen LogP contribution in [0.25, 0.3) is 6.08 Å². The maximum atomic E-state index is 12.1. The fourth-order valence-electron chi connectivity index (χ4n) is 2.66. The molecule has 3 nitrogen and oxygen atoms in total. The van der Waals surface area contributed by atoms with Crippen LogP contribution in [-0.2, 0) is 4.84 Å². The number of halogens is 1. The van der Waals surface area contributed by atoms with Gasteiger partial charge >= 0.3 is 5.97 Å². The van der Waals surface area contributed by atoms with Gasteiger partial charge in [0.1, 0.15) is 0 Å². The number of nitrogens with zero attached hydrogens (tertiary/aromatic N) is 1. The van der Waals surface area contributed by atoms with Crippen LogP contribution in [0.3, 0.4) is 0 Å². The molecule has 0 atom stereocenters. The van der Waals surface area contributed by atoms with Crippen LogP contribution in [0, 0.1) is 0 Å². The van der Waals surface area contributed by atoms with Gasteiger partial charge in [0.2, 0.25) is 0 Å². The molecule has 0 unspecified atom stereocenters. The number of hydrogen-bond acceptors (Lipinski definition) is 3. The summed E-state index contributed by atoms with van der Waals surface area (Å²) < 4.78 is 0. The van der Waals surface area contributed by atoms with E-state index in [0.29, 0.717) is 10.6 Å². The fourth-order valence-corrected chi connectivity index (χ4v) is 2.78. The Morgan fingerprint density at radius 1 is 1.00 bits per heavy atom. The number of hydrogen-bond donors (Lipinski definition) is 0. The summed E-state index contributed by atoms with van der Waals surface area (Å²) in [6.45, 7) is 0. The largest absolute Gasteiger partial charge is 0.365 e. The van der Waals surface area contributed by atoms with Gasteiger partial charge in [0.25, 0.3) is 0 Å². The highest BCUT2D eigenvalue weighted by molar-refractivity contribution is 6.30. The summed E-state index contributed by atoms with van der Waals surface area (Å²) in [5.74, 6) is -0.469. The van der Waals surface area contributed by atoms with Gasteiger partial charge < -0.3 is 4.84 Å². The van der Waals surface area contributed by atoms with E-state index in [-0.39, 0.29) is 0 Å². The molecule has 4 heteroatoms. The zero-order chi connectivity index (χ0) is 16.8. The minimum absolute atomic E-state index is 0.438. The standard InChI is InChI=1S/C20H18ClNO2/c21-18-12-10-16(11-13-18)20(23)24-22-19-9-5-4-8-17(19)14-15-6-2-1-3-7-15/h1-3,6-7,10-14H,4-5,8-9H2/b17-14+,22-19+. The van der Waals surface area contributed by atoms with Gasteiger partial charge in [-0.25, -0.2) is 4.79 Å². The lowest BCUT2D eigenvalue weighted by Gasteiger charge is -2.16.